The molecule has 0 spiro atoms. The summed E-state index contributed by atoms with van der Waals surface area (Å²) in [6.07, 6.45) is 1.45. The molecular formula is C11H13NO3. The fourth-order valence-electron chi connectivity index (χ4n) is 1.41. The van der Waals surface area contributed by atoms with Crippen LogP contribution in [0.4, 0.5) is 0 Å². The van der Waals surface area contributed by atoms with Gasteiger partial charge < -0.3 is 13.9 Å². The van der Waals surface area contributed by atoms with Gasteiger partial charge in [0.05, 0.1) is 6.61 Å². The highest BCUT2D eigenvalue weighted by Crippen LogP contribution is 2.20. The van der Waals surface area contributed by atoms with Gasteiger partial charge in [-0.25, -0.2) is 4.98 Å². The first kappa shape index (κ1) is 9.98. The maximum atomic E-state index is 5.63. The van der Waals surface area contributed by atoms with Crippen LogP contribution in [0.2, 0.25) is 0 Å². The summed E-state index contributed by atoms with van der Waals surface area (Å²) in [7, 11) is 1.65. The van der Waals surface area contributed by atoms with Crippen LogP contribution in [0, 0.1) is 0 Å². The molecule has 0 saturated carbocycles. The second-order valence-corrected chi connectivity index (χ2v) is 3.37. The van der Waals surface area contributed by atoms with Crippen molar-refractivity contribution in [2.75, 3.05) is 13.7 Å². The number of hydrogen-bond acceptors (Lipinski definition) is 4. The van der Waals surface area contributed by atoms with Crippen molar-refractivity contribution in [2.45, 2.75) is 13.0 Å². The summed E-state index contributed by atoms with van der Waals surface area (Å²) in [5.41, 5.74) is 1.57. The Labute approximate surface area is 87.8 Å². The first-order valence-electron chi connectivity index (χ1n) is 4.78. The summed E-state index contributed by atoms with van der Waals surface area (Å²) in [4.78, 5) is 4.05. The van der Waals surface area contributed by atoms with Crippen molar-refractivity contribution < 1.29 is 13.9 Å². The van der Waals surface area contributed by atoms with Crippen molar-refractivity contribution in [3.05, 3.63) is 24.6 Å². The molecule has 1 atom stereocenters. The molecule has 0 fully saturated rings. The van der Waals surface area contributed by atoms with E-state index in [0.717, 1.165) is 16.8 Å². The number of methoxy groups -OCH3 is 1. The molecule has 4 nitrogen and oxygen atoms in total. The Morgan fingerprint density at radius 3 is 3.13 bits per heavy atom. The highest BCUT2D eigenvalue weighted by atomic mass is 16.5. The van der Waals surface area contributed by atoms with Gasteiger partial charge in [-0.05, 0) is 19.1 Å². The molecule has 0 aliphatic heterocycles. The quantitative estimate of drug-likeness (QED) is 0.771. The normalized spacial score (nSPS) is 12.9. The SMILES string of the molecule is COC[C@H](C)Oc1ccc2ocnc2c1. The molecule has 1 heterocycles. The van der Waals surface area contributed by atoms with Crippen LogP contribution >= 0.6 is 0 Å². The Bertz CT molecular complexity index is 438. The molecule has 1 aromatic carbocycles. The minimum atomic E-state index is 0.0272. The van der Waals surface area contributed by atoms with Gasteiger partial charge in [0, 0.05) is 13.2 Å². The zero-order valence-electron chi connectivity index (χ0n) is 8.77. The molecule has 0 amide bonds. The third-order valence-electron chi connectivity index (χ3n) is 2.04. The minimum Gasteiger partial charge on any atom is -0.488 e. The topological polar surface area (TPSA) is 44.5 Å². The molecule has 15 heavy (non-hydrogen) atoms. The van der Waals surface area contributed by atoms with Crippen molar-refractivity contribution in [1.29, 1.82) is 0 Å². The third kappa shape index (κ3) is 2.27. The lowest BCUT2D eigenvalue weighted by molar-refractivity contribution is 0.0922. The van der Waals surface area contributed by atoms with Gasteiger partial charge in [0.1, 0.15) is 17.4 Å². The van der Waals surface area contributed by atoms with Gasteiger partial charge in [-0.15, -0.1) is 0 Å². The lowest BCUT2D eigenvalue weighted by Crippen LogP contribution is -2.17. The first-order chi connectivity index (χ1) is 7.29. The molecular weight excluding hydrogens is 194 g/mol. The molecule has 4 heteroatoms. The summed E-state index contributed by atoms with van der Waals surface area (Å²) in [6.45, 7) is 2.52. The van der Waals surface area contributed by atoms with E-state index in [9.17, 15) is 0 Å². The molecule has 2 rings (SSSR count). The van der Waals surface area contributed by atoms with Crippen molar-refractivity contribution in [2.24, 2.45) is 0 Å². The van der Waals surface area contributed by atoms with Gasteiger partial charge in [-0.1, -0.05) is 0 Å². The predicted octanol–water partition coefficient (Wildman–Crippen LogP) is 2.24. The van der Waals surface area contributed by atoms with E-state index in [0.29, 0.717) is 6.61 Å². The molecule has 0 bridgehead atoms. The van der Waals surface area contributed by atoms with Crippen molar-refractivity contribution in [3.8, 4) is 5.75 Å². The van der Waals surface area contributed by atoms with Crippen LogP contribution < -0.4 is 4.74 Å². The van der Waals surface area contributed by atoms with Crippen molar-refractivity contribution in [1.82, 2.24) is 4.98 Å². The molecule has 1 aromatic heterocycles. The Morgan fingerprint density at radius 2 is 2.33 bits per heavy atom. The number of aromatic nitrogens is 1. The standard InChI is InChI=1S/C11H13NO3/c1-8(6-13-2)15-9-3-4-11-10(5-9)12-7-14-11/h3-5,7-8H,6H2,1-2H3/t8-/m0/s1. The van der Waals surface area contributed by atoms with Gasteiger partial charge >= 0.3 is 0 Å². The fourth-order valence-corrected chi connectivity index (χ4v) is 1.41. The van der Waals surface area contributed by atoms with Crippen LogP contribution in [0.25, 0.3) is 11.1 Å². The Morgan fingerprint density at radius 1 is 1.47 bits per heavy atom. The van der Waals surface area contributed by atoms with E-state index in [2.05, 4.69) is 4.98 Å². The summed E-state index contributed by atoms with van der Waals surface area (Å²) in [5.74, 6) is 0.779. The maximum Gasteiger partial charge on any atom is 0.181 e. The van der Waals surface area contributed by atoms with Gasteiger partial charge in [-0.3, -0.25) is 0 Å². The van der Waals surface area contributed by atoms with Gasteiger partial charge in [0.2, 0.25) is 0 Å². The second kappa shape index (κ2) is 4.31. The first-order valence-corrected chi connectivity index (χ1v) is 4.78. The largest absolute Gasteiger partial charge is 0.488 e. The highest BCUT2D eigenvalue weighted by Gasteiger charge is 2.05. The third-order valence-corrected chi connectivity index (χ3v) is 2.04. The van der Waals surface area contributed by atoms with E-state index in [1.165, 1.54) is 6.39 Å². The van der Waals surface area contributed by atoms with E-state index < -0.39 is 0 Å². The molecule has 80 valence electrons. The Hall–Kier alpha value is -1.55. The van der Waals surface area contributed by atoms with Crippen LogP contribution in [-0.4, -0.2) is 24.8 Å². The molecule has 0 N–H and O–H groups in total. The van der Waals surface area contributed by atoms with E-state index >= 15 is 0 Å². The van der Waals surface area contributed by atoms with Crippen molar-refractivity contribution >= 4 is 11.1 Å². The van der Waals surface area contributed by atoms with Crippen LogP contribution in [0.15, 0.2) is 29.0 Å². The minimum absolute atomic E-state index is 0.0272. The summed E-state index contributed by atoms with van der Waals surface area (Å²) >= 11 is 0. The number of fused-ring (bicyclic) bond motifs is 1. The van der Waals surface area contributed by atoms with Crippen LogP contribution in [0.3, 0.4) is 0 Å². The predicted molar refractivity (Wildman–Crippen MR) is 56.0 cm³/mol. The van der Waals surface area contributed by atoms with Crippen molar-refractivity contribution in [3.63, 3.8) is 0 Å². The summed E-state index contributed by atoms with van der Waals surface area (Å²) < 4.78 is 15.7. The van der Waals surface area contributed by atoms with E-state index in [-0.39, 0.29) is 6.10 Å². The van der Waals surface area contributed by atoms with Gasteiger partial charge in [0.25, 0.3) is 0 Å². The summed E-state index contributed by atoms with van der Waals surface area (Å²) in [5, 5.41) is 0. The maximum absolute atomic E-state index is 5.63. The summed E-state index contributed by atoms with van der Waals surface area (Å²) in [6, 6.07) is 5.56. The molecule has 0 aliphatic rings. The van der Waals surface area contributed by atoms with Crippen LogP contribution in [0.5, 0.6) is 5.75 Å². The zero-order valence-corrected chi connectivity index (χ0v) is 8.77. The van der Waals surface area contributed by atoms with Crippen LogP contribution in [0.1, 0.15) is 6.92 Å². The molecule has 2 aromatic rings. The van der Waals surface area contributed by atoms with E-state index in [1.54, 1.807) is 7.11 Å². The van der Waals surface area contributed by atoms with E-state index in [4.69, 9.17) is 13.9 Å². The zero-order chi connectivity index (χ0) is 10.7. The Kier molecular flexibility index (Phi) is 2.87. The number of oxazole rings is 1. The highest BCUT2D eigenvalue weighted by molar-refractivity contribution is 5.73. The molecule has 0 saturated heterocycles. The molecule has 0 aliphatic carbocycles. The number of hydrogen-bond donors (Lipinski definition) is 0. The second-order valence-electron chi connectivity index (χ2n) is 3.37. The smallest absolute Gasteiger partial charge is 0.181 e. The average Bonchev–Trinajstić information content (AvgIpc) is 2.65. The number of nitrogens with zero attached hydrogens (tertiary/aromatic N) is 1. The van der Waals surface area contributed by atoms with Gasteiger partial charge in [-0.2, -0.15) is 0 Å². The lowest BCUT2D eigenvalue weighted by atomic mass is 10.3. The number of ether oxygens (including phenoxy) is 2. The monoisotopic (exact) mass is 207 g/mol. The molecule has 0 radical (unpaired) electrons. The Balaban J connectivity index is 2.14. The van der Waals surface area contributed by atoms with Crippen LogP contribution in [-0.2, 0) is 4.74 Å². The fraction of sp³-hybridized carbons (Fsp3) is 0.364. The lowest BCUT2D eigenvalue weighted by Gasteiger charge is -2.13. The molecule has 0 unspecified atom stereocenters. The number of rotatable bonds is 4. The number of benzene rings is 1. The van der Waals surface area contributed by atoms with Gasteiger partial charge in [0.15, 0.2) is 12.0 Å². The van der Waals surface area contributed by atoms with E-state index in [1.807, 2.05) is 25.1 Å². The average molecular weight is 207 g/mol.